The standard InChI is InChI=1S/C18H25N5O2/c1-12-18(13(2)25-23-12)14-9-16(15-11-21-22-17(15)10-14)20-6-8-24-7-4-3-5-19/h9-11,20H,3-8,19H2,1-2H3,(H,21,22). The zero-order valence-electron chi connectivity index (χ0n) is 14.8. The molecule has 0 aliphatic heterocycles. The molecule has 0 spiro atoms. The Balaban J connectivity index is 1.73. The highest BCUT2D eigenvalue weighted by atomic mass is 16.5. The van der Waals surface area contributed by atoms with E-state index in [0.717, 1.165) is 65.2 Å². The molecule has 134 valence electrons. The molecule has 1 aromatic carbocycles. The van der Waals surface area contributed by atoms with Gasteiger partial charge < -0.3 is 20.3 Å². The smallest absolute Gasteiger partial charge is 0.141 e. The Morgan fingerprint density at radius 3 is 2.88 bits per heavy atom. The van der Waals surface area contributed by atoms with Gasteiger partial charge in [-0.1, -0.05) is 5.16 Å². The molecule has 2 aromatic heterocycles. The SMILES string of the molecule is Cc1noc(C)c1-c1cc(NCCOCCCCN)c2cn[nH]c2c1. The number of aromatic nitrogens is 3. The Labute approximate surface area is 146 Å². The number of H-pyrrole nitrogens is 1. The number of aromatic amines is 1. The molecule has 0 fully saturated rings. The molecule has 0 aliphatic carbocycles. The lowest BCUT2D eigenvalue weighted by atomic mass is 10.0. The van der Waals surface area contributed by atoms with Gasteiger partial charge in [-0.05, 0) is 50.9 Å². The zero-order chi connectivity index (χ0) is 17.6. The average Bonchev–Trinajstić information content (AvgIpc) is 3.20. The summed E-state index contributed by atoms with van der Waals surface area (Å²) in [6.07, 6.45) is 3.84. The lowest BCUT2D eigenvalue weighted by Crippen LogP contribution is -2.11. The molecule has 0 saturated heterocycles. The van der Waals surface area contributed by atoms with Crippen molar-refractivity contribution in [3.63, 3.8) is 0 Å². The maximum absolute atomic E-state index is 5.63. The molecule has 7 nitrogen and oxygen atoms in total. The number of benzene rings is 1. The van der Waals surface area contributed by atoms with Gasteiger partial charge in [-0.25, -0.2) is 0 Å². The van der Waals surface area contributed by atoms with Crippen LogP contribution < -0.4 is 11.1 Å². The van der Waals surface area contributed by atoms with E-state index in [0.29, 0.717) is 13.2 Å². The third-order valence-electron chi connectivity index (χ3n) is 4.19. The van der Waals surface area contributed by atoms with Crippen LogP contribution in [0.15, 0.2) is 22.9 Å². The van der Waals surface area contributed by atoms with Crippen molar-refractivity contribution in [1.29, 1.82) is 0 Å². The summed E-state index contributed by atoms with van der Waals surface area (Å²) in [6, 6.07) is 4.18. The minimum atomic E-state index is 0.652. The lowest BCUT2D eigenvalue weighted by Gasteiger charge is -2.11. The van der Waals surface area contributed by atoms with Crippen molar-refractivity contribution in [3.8, 4) is 11.1 Å². The molecule has 0 atom stereocenters. The molecule has 2 heterocycles. The Kier molecular flexibility index (Phi) is 5.67. The van der Waals surface area contributed by atoms with Gasteiger partial charge in [0.2, 0.25) is 0 Å². The van der Waals surface area contributed by atoms with Crippen LogP contribution in [0, 0.1) is 13.8 Å². The van der Waals surface area contributed by atoms with E-state index in [-0.39, 0.29) is 0 Å². The number of aryl methyl sites for hydroxylation is 2. The van der Waals surface area contributed by atoms with Gasteiger partial charge >= 0.3 is 0 Å². The highest BCUT2D eigenvalue weighted by Crippen LogP contribution is 2.33. The van der Waals surface area contributed by atoms with Crippen LogP contribution in [0.4, 0.5) is 5.69 Å². The fourth-order valence-electron chi connectivity index (χ4n) is 2.95. The quantitative estimate of drug-likeness (QED) is 0.516. The van der Waals surface area contributed by atoms with E-state index in [2.05, 4.69) is 32.8 Å². The summed E-state index contributed by atoms with van der Waals surface area (Å²) in [7, 11) is 0. The maximum atomic E-state index is 5.63. The second-order valence-electron chi connectivity index (χ2n) is 6.09. The Morgan fingerprint density at radius 1 is 1.24 bits per heavy atom. The predicted molar refractivity (Wildman–Crippen MR) is 98.7 cm³/mol. The topological polar surface area (TPSA) is 102 Å². The Morgan fingerprint density at radius 2 is 2.12 bits per heavy atom. The first-order chi connectivity index (χ1) is 12.2. The second-order valence-corrected chi connectivity index (χ2v) is 6.09. The van der Waals surface area contributed by atoms with Gasteiger partial charge in [0.15, 0.2) is 0 Å². The number of fused-ring (bicyclic) bond motifs is 1. The van der Waals surface area contributed by atoms with Crippen molar-refractivity contribution < 1.29 is 9.26 Å². The molecule has 3 rings (SSSR count). The first-order valence-corrected chi connectivity index (χ1v) is 8.62. The van der Waals surface area contributed by atoms with Crippen LogP contribution in [0.5, 0.6) is 0 Å². The maximum Gasteiger partial charge on any atom is 0.141 e. The van der Waals surface area contributed by atoms with E-state index in [9.17, 15) is 0 Å². The second kappa shape index (κ2) is 8.13. The Bertz CT molecular complexity index is 805. The molecular formula is C18H25N5O2. The molecule has 0 bridgehead atoms. The highest BCUT2D eigenvalue weighted by Gasteiger charge is 2.14. The molecule has 0 amide bonds. The first-order valence-electron chi connectivity index (χ1n) is 8.62. The third kappa shape index (κ3) is 4.00. The fourth-order valence-corrected chi connectivity index (χ4v) is 2.95. The third-order valence-corrected chi connectivity index (χ3v) is 4.19. The number of nitrogens with one attached hydrogen (secondary N) is 2. The average molecular weight is 343 g/mol. The van der Waals surface area contributed by atoms with Crippen LogP contribution in [0.3, 0.4) is 0 Å². The number of hydrogen-bond donors (Lipinski definition) is 3. The van der Waals surface area contributed by atoms with E-state index in [1.165, 1.54) is 0 Å². The molecular weight excluding hydrogens is 318 g/mol. The first kappa shape index (κ1) is 17.4. The number of hydrogen-bond acceptors (Lipinski definition) is 6. The summed E-state index contributed by atoms with van der Waals surface area (Å²) in [5.41, 5.74) is 10.4. The van der Waals surface area contributed by atoms with Gasteiger partial charge in [-0.2, -0.15) is 5.10 Å². The monoisotopic (exact) mass is 343 g/mol. The van der Waals surface area contributed by atoms with Crippen LogP contribution in [-0.4, -0.2) is 41.7 Å². The summed E-state index contributed by atoms with van der Waals surface area (Å²) in [4.78, 5) is 0. The van der Waals surface area contributed by atoms with Gasteiger partial charge in [-0.15, -0.1) is 0 Å². The van der Waals surface area contributed by atoms with E-state index in [1.807, 2.05) is 20.0 Å². The summed E-state index contributed by atoms with van der Waals surface area (Å²) in [5, 5.41) is 15.8. The number of ether oxygens (including phenoxy) is 1. The van der Waals surface area contributed by atoms with Gasteiger partial charge in [-0.3, -0.25) is 5.10 Å². The number of anilines is 1. The number of nitrogens with zero attached hydrogens (tertiary/aromatic N) is 2. The highest BCUT2D eigenvalue weighted by molar-refractivity contribution is 5.95. The summed E-state index contributed by atoms with van der Waals surface area (Å²) < 4.78 is 10.9. The minimum Gasteiger partial charge on any atom is -0.382 e. The molecule has 4 N–H and O–H groups in total. The van der Waals surface area contributed by atoms with Gasteiger partial charge in [0, 0.05) is 29.8 Å². The normalized spacial score (nSPS) is 11.3. The van der Waals surface area contributed by atoms with Gasteiger partial charge in [0.1, 0.15) is 5.76 Å². The van der Waals surface area contributed by atoms with E-state index in [4.69, 9.17) is 15.0 Å². The lowest BCUT2D eigenvalue weighted by molar-refractivity contribution is 0.140. The molecule has 0 saturated carbocycles. The van der Waals surface area contributed by atoms with Crippen molar-refractivity contribution in [2.45, 2.75) is 26.7 Å². The van der Waals surface area contributed by atoms with Crippen LogP contribution in [-0.2, 0) is 4.74 Å². The van der Waals surface area contributed by atoms with E-state index < -0.39 is 0 Å². The van der Waals surface area contributed by atoms with Crippen LogP contribution >= 0.6 is 0 Å². The van der Waals surface area contributed by atoms with Gasteiger partial charge in [0.25, 0.3) is 0 Å². The van der Waals surface area contributed by atoms with Crippen LogP contribution in [0.1, 0.15) is 24.3 Å². The largest absolute Gasteiger partial charge is 0.382 e. The van der Waals surface area contributed by atoms with Crippen molar-refractivity contribution in [2.75, 3.05) is 31.6 Å². The summed E-state index contributed by atoms with van der Waals surface area (Å²) in [6.45, 7) is 6.72. The number of unbranched alkanes of at least 4 members (excludes halogenated alkanes) is 1. The molecule has 25 heavy (non-hydrogen) atoms. The zero-order valence-corrected chi connectivity index (χ0v) is 14.8. The summed E-state index contributed by atoms with van der Waals surface area (Å²) in [5.74, 6) is 0.811. The Hall–Kier alpha value is -2.38. The minimum absolute atomic E-state index is 0.652. The van der Waals surface area contributed by atoms with Crippen LogP contribution in [0.2, 0.25) is 0 Å². The summed E-state index contributed by atoms with van der Waals surface area (Å²) >= 11 is 0. The number of nitrogens with two attached hydrogens (primary N) is 1. The van der Waals surface area contributed by atoms with Crippen molar-refractivity contribution in [1.82, 2.24) is 15.4 Å². The van der Waals surface area contributed by atoms with Crippen molar-refractivity contribution in [2.24, 2.45) is 5.73 Å². The molecule has 0 aliphatic rings. The van der Waals surface area contributed by atoms with Crippen molar-refractivity contribution in [3.05, 3.63) is 29.8 Å². The van der Waals surface area contributed by atoms with Crippen molar-refractivity contribution >= 4 is 16.6 Å². The van der Waals surface area contributed by atoms with E-state index in [1.54, 1.807) is 0 Å². The fraction of sp³-hybridized carbons (Fsp3) is 0.444. The number of rotatable bonds is 9. The van der Waals surface area contributed by atoms with Crippen LogP contribution in [0.25, 0.3) is 22.0 Å². The van der Waals surface area contributed by atoms with Gasteiger partial charge in [0.05, 0.1) is 24.0 Å². The molecule has 7 heteroatoms. The van der Waals surface area contributed by atoms with E-state index >= 15 is 0 Å². The molecule has 3 aromatic rings. The molecule has 0 unspecified atom stereocenters. The predicted octanol–water partition coefficient (Wildman–Crippen LogP) is 3.00. The molecule has 0 radical (unpaired) electrons.